The second kappa shape index (κ2) is 15.0. The average molecular weight is 435 g/mol. The first kappa shape index (κ1) is 25.6. The van der Waals surface area contributed by atoms with Crippen LogP contribution in [0.4, 0.5) is 4.39 Å². The molecule has 0 aromatic heterocycles. The van der Waals surface area contributed by atoms with E-state index in [1.807, 2.05) is 0 Å². The number of halogens is 1. The second-order valence-electron chi connectivity index (χ2n) is 12.1. The fourth-order valence-corrected chi connectivity index (χ4v) is 7.56. The molecule has 0 aromatic rings. The van der Waals surface area contributed by atoms with E-state index < -0.39 is 0 Å². The number of hydrogen-bond donors (Lipinski definition) is 0. The third-order valence-corrected chi connectivity index (χ3v) is 9.86. The fourth-order valence-electron chi connectivity index (χ4n) is 7.56. The highest BCUT2D eigenvalue weighted by Crippen LogP contribution is 2.44. The Labute approximate surface area is 194 Å². The van der Waals surface area contributed by atoms with Crippen molar-refractivity contribution in [3.8, 4) is 0 Å². The molecule has 3 aliphatic carbocycles. The lowest BCUT2D eigenvalue weighted by atomic mass is 9.68. The van der Waals surface area contributed by atoms with Crippen LogP contribution in [0.5, 0.6) is 0 Å². The SMILES string of the molecule is CCCCCC1CCC(C2CCC(CCC3CCC(CCCCCF)CC3)CC2)CC1. The van der Waals surface area contributed by atoms with Crippen molar-refractivity contribution in [2.24, 2.45) is 35.5 Å². The summed E-state index contributed by atoms with van der Waals surface area (Å²) in [4.78, 5) is 0. The summed E-state index contributed by atoms with van der Waals surface area (Å²) in [6.45, 7) is 2.22. The summed E-state index contributed by atoms with van der Waals surface area (Å²) in [6.07, 6.45) is 31.8. The van der Waals surface area contributed by atoms with Gasteiger partial charge in [0.05, 0.1) is 6.67 Å². The van der Waals surface area contributed by atoms with Crippen LogP contribution in [-0.2, 0) is 0 Å². The van der Waals surface area contributed by atoms with E-state index in [0.717, 1.165) is 48.3 Å². The molecular formula is C30H55F. The maximum Gasteiger partial charge on any atom is 0.0894 e. The molecule has 3 fully saturated rings. The number of hydrogen-bond acceptors (Lipinski definition) is 0. The molecule has 0 N–H and O–H groups in total. The minimum atomic E-state index is -0.116. The van der Waals surface area contributed by atoms with Gasteiger partial charge in [0.25, 0.3) is 0 Å². The summed E-state index contributed by atoms with van der Waals surface area (Å²) >= 11 is 0. The number of rotatable bonds is 13. The highest BCUT2D eigenvalue weighted by atomic mass is 19.1. The van der Waals surface area contributed by atoms with Gasteiger partial charge in [-0.05, 0) is 67.6 Å². The van der Waals surface area contributed by atoms with E-state index >= 15 is 0 Å². The first-order chi connectivity index (χ1) is 15.3. The van der Waals surface area contributed by atoms with Crippen molar-refractivity contribution in [1.82, 2.24) is 0 Å². The van der Waals surface area contributed by atoms with E-state index in [0.29, 0.717) is 0 Å². The van der Waals surface area contributed by atoms with Crippen LogP contribution in [0.1, 0.15) is 148 Å². The van der Waals surface area contributed by atoms with Gasteiger partial charge >= 0.3 is 0 Å². The van der Waals surface area contributed by atoms with Gasteiger partial charge in [0.1, 0.15) is 0 Å². The molecule has 0 aliphatic heterocycles. The lowest BCUT2D eigenvalue weighted by molar-refractivity contribution is 0.135. The van der Waals surface area contributed by atoms with Crippen molar-refractivity contribution in [3.63, 3.8) is 0 Å². The van der Waals surface area contributed by atoms with Crippen molar-refractivity contribution < 1.29 is 4.39 Å². The van der Waals surface area contributed by atoms with Crippen LogP contribution in [0.3, 0.4) is 0 Å². The molecule has 3 saturated carbocycles. The summed E-state index contributed by atoms with van der Waals surface area (Å²) in [5, 5.41) is 0. The second-order valence-corrected chi connectivity index (χ2v) is 12.1. The van der Waals surface area contributed by atoms with E-state index in [9.17, 15) is 4.39 Å². The van der Waals surface area contributed by atoms with Gasteiger partial charge in [0.15, 0.2) is 0 Å². The highest BCUT2D eigenvalue weighted by Gasteiger charge is 2.31. The lowest BCUT2D eigenvalue weighted by Gasteiger charge is -2.38. The van der Waals surface area contributed by atoms with Gasteiger partial charge in [-0.2, -0.15) is 0 Å². The molecule has 31 heavy (non-hydrogen) atoms. The lowest BCUT2D eigenvalue weighted by Crippen LogP contribution is -2.26. The topological polar surface area (TPSA) is 0 Å². The molecule has 3 aliphatic rings. The fraction of sp³-hybridized carbons (Fsp3) is 1.00. The molecule has 0 amide bonds. The Hall–Kier alpha value is -0.0700. The maximum absolute atomic E-state index is 12.2. The summed E-state index contributed by atoms with van der Waals surface area (Å²) in [5.41, 5.74) is 0. The third-order valence-electron chi connectivity index (χ3n) is 9.86. The van der Waals surface area contributed by atoms with Crippen LogP contribution < -0.4 is 0 Å². The molecule has 182 valence electrons. The first-order valence-electron chi connectivity index (χ1n) is 14.8. The van der Waals surface area contributed by atoms with Gasteiger partial charge in [0.2, 0.25) is 0 Å². The Morgan fingerprint density at radius 1 is 0.452 bits per heavy atom. The Kier molecular flexibility index (Phi) is 12.3. The molecule has 0 nitrogen and oxygen atoms in total. The molecule has 0 saturated heterocycles. The third kappa shape index (κ3) is 9.37. The van der Waals surface area contributed by atoms with Crippen LogP contribution in [-0.4, -0.2) is 6.67 Å². The highest BCUT2D eigenvalue weighted by molar-refractivity contribution is 4.83. The van der Waals surface area contributed by atoms with Gasteiger partial charge in [-0.3, -0.25) is 4.39 Å². The molecule has 0 unspecified atom stereocenters. The van der Waals surface area contributed by atoms with Crippen LogP contribution in [0.15, 0.2) is 0 Å². The van der Waals surface area contributed by atoms with Crippen LogP contribution in [0, 0.1) is 35.5 Å². The quantitative estimate of drug-likeness (QED) is 0.253. The summed E-state index contributed by atoms with van der Waals surface area (Å²) in [6, 6.07) is 0. The molecule has 0 heterocycles. The normalized spacial score (nSPS) is 34.6. The Bertz CT molecular complexity index is 422. The summed E-state index contributed by atoms with van der Waals surface area (Å²) < 4.78 is 12.2. The van der Waals surface area contributed by atoms with E-state index in [-0.39, 0.29) is 6.67 Å². The zero-order chi connectivity index (χ0) is 21.7. The standard InChI is InChI=1S/C30H55F/c1-2-3-5-8-26-16-20-29(21-17-26)30-22-18-28(19-23-30)15-14-27-12-10-25(11-13-27)9-6-4-7-24-31/h25-30H,2-24H2,1H3. The molecule has 0 radical (unpaired) electrons. The van der Waals surface area contributed by atoms with Crippen molar-refractivity contribution in [2.75, 3.05) is 6.67 Å². The molecular weight excluding hydrogens is 379 g/mol. The van der Waals surface area contributed by atoms with Crippen molar-refractivity contribution in [2.45, 2.75) is 148 Å². The Balaban J connectivity index is 1.21. The monoisotopic (exact) mass is 434 g/mol. The molecule has 0 atom stereocenters. The summed E-state index contributed by atoms with van der Waals surface area (Å²) in [5.74, 6) is 6.30. The Morgan fingerprint density at radius 2 is 0.839 bits per heavy atom. The predicted molar refractivity (Wildman–Crippen MR) is 134 cm³/mol. The van der Waals surface area contributed by atoms with Crippen molar-refractivity contribution >= 4 is 0 Å². The van der Waals surface area contributed by atoms with E-state index in [1.54, 1.807) is 51.4 Å². The van der Waals surface area contributed by atoms with E-state index in [4.69, 9.17) is 0 Å². The molecule has 1 heteroatoms. The van der Waals surface area contributed by atoms with Gasteiger partial charge in [-0.25, -0.2) is 0 Å². The Morgan fingerprint density at radius 3 is 1.26 bits per heavy atom. The van der Waals surface area contributed by atoms with E-state index in [2.05, 4.69) is 6.92 Å². The van der Waals surface area contributed by atoms with E-state index in [1.165, 1.54) is 77.0 Å². The minimum Gasteiger partial charge on any atom is -0.251 e. The predicted octanol–water partition coefficient (Wildman–Crippen LogP) is 10.3. The maximum atomic E-state index is 12.2. The minimum absolute atomic E-state index is 0.116. The largest absolute Gasteiger partial charge is 0.251 e. The van der Waals surface area contributed by atoms with Crippen LogP contribution in [0.2, 0.25) is 0 Å². The van der Waals surface area contributed by atoms with Crippen LogP contribution >= 0.6 is 0 Å². The number of unbranched alkanes of at least 4 members (excludes halogenated alkanes) is 4. The first-order valence-corrected chi connectivity index (χ1v) is 14.8. The zero-order valence-electron chi connectivity index (χ0n) is 21.1. The molecule has 0 aromatic carbocycles. The summed E-state index contributed by atoms with van der Waals surface area (Å²) in [7, 11) is 0. The molecule has 0 spiro atoms. The average Bonchev–Trinajstić information content (AvgIpc) is 2.82. The zero-order valence-corrected chi connectivity index (χ0v) is 21.1. The van der Waals surface area contributed by atoms with Crippen molar-refractivity contribution in [3.05, 3.63) is 0 Å². The van der Waals surface area contributed by atoms with Gasteiger partial charge in [-0.15, -0.1) is 0 Å². The number of alkyl halides is 1. The van der Waals surface area contributed by atoms with Gasteiger partial charge < -0.3 is 0 Å². The molecule has 0 bridgehead atoms. The van der Waals surface area contributed by atoms with Crippen LogP contribution in [0.25, 0.3) is 0 Å². The smallest absolute Gasteiger partial charge is 0.0894 e. The molecule has 3 rings (SSSR count). The van der Waals surface area contributed by atoms with Gasteiger partial charge in [-0.1, -0.05) is 116 Å². The van der Waals surface area contributed by atoms with Crippen molar-refractivity contribution in [1.29, 1.82) is 0 Å². The van der Waals surface area contributed by atoms with Gasteiger partial charge in [0, 0.05) is 0 Å².